The van der Waals surface area contributed by atoms with E-state index in [0.717, 1.165) is 5.65 Å². The summed E-state index contributed by atoms with van der Waals surface area (Å²) in [5, 5.41) is 1.27. The number of thioether (sulfide) groups is 1. The van der Waals surface area contributed by atoms with Crippen LogP contribution in [0.1, 0.15) is 19.8 Å². The second-order valence-corrected chi connectivity index (χ2v) is 6.16. The molecule has 0 aliphatic heterocycles. The molecule has 86 valence electrons. The summed E-state index contributed by atoms with van der Waals surface area (Å²) in [4.78, 5) is 5.80. The van der Waals surface area contributed by atoms with Gasteiger partial charge in [-0.25, -0.2) is 4.98 Å². The van der Waals surface area contributed by atoms with E-state index >= 15 is 0 Å². The molecular weight excluding hydrogens is 331 g/mol. The van der Waals surface area contributed by atoms with Gasteiger partial charge in [0, 0.05) is 33.3 Å². The summed E-state index contributed by atoms with van der Waals surface area (Å²) in [5.74, 6) is 1.19. The normalized spacial score (nSPS) is 11.2. The number of hydrogen-bond acceptors (Lipinski definition) is 2. The van der Waals surface area contributed by atoms with E-state index in [-0.39, 0.29) is 0 Å². The highest BCUT2D eigenvalue weighted by atomic mass is 127. The van der Waals surface area contributed by atoms with Gasteiger partial charge in [0.2, 0.25) is 0 Å². The lowest BCUT2D eigenvalue weighted by molar-refractivity contribution is 0.896. The number of unbranched alkanes of at least 4 members (excludes halogenated alkanes) is 1. The van der Waals surface area contributed by atoms with Gasteiger partial charge in [-0.15, -0.1) is 11.8 Å². The molecule has 16 heavy (non-hydrogen) atoms. The molecule has 0 N–H and O–H groups in total. The number of pyridine rings is 1. The quantitative estimate of drug-likeness (QED) is 0.472. The molecule has 0 fully saturated rings. The molecule has 0 spiro atoms. The Morgan fingerprint density at radius 2 is 2.31 bits per heavy atom. The zero-order chi connectivity index (χ0) is 11.5. The lowest BCUT2D eigenvalue weighted by Crippen LogP contribution is -1.87. The molecule has 0 unspecified atom stereocenters. The molecule has 2 heterocycles. The van der Waals surface area contributed by atoms with Crippen LogP contribution in [-0.2, 0) is 7.05 Å². The smallest absolute Gasteiger partial charge is 0.140 e. The minimum absolute atomic E-state index is 1.07. The lowest BCUT2D eigenvalue weighted by Gasteiger charge is -2.01. The maximum Gasteiger partial charge on any atom is 0.140 e. The first kappa shape index (κ1) is 12.2. The fraction of sp³-hybridized carbons (Fsp3) is 0.417. The fourth-order valence-corrected chi connectivity index (χ4v) is 3.42. The van der Waals surface area contributed by atoms with Gasteiger partial charge in [-0.3, -0.25) is 0 Å². The van der Waals surface area contributed by atoms with Gasteiger partial charge in [-0.1, -0.05) is 13.3 Å². The number of fused-ring (bicyclic) bond motifs is 1. The van der Waals surface area contributed by atoms with Gasteiger partial charge in [-0.2, -0.15) is 0 Å². The summed E-state index contributed by atoms with van der Waals surface area (Å²) in [5.41, 5.74) is 1.07. The van der Waals surface area contributed by atoms with Crippen molar-refractivity contribution in [2.24, 2.45) is 7.05 Å². The topological polar surface area (TPSA) is 17.8 Å². The van der Waals surface area contributed by atoms with Gasteiger partial charge in [0.05, 0.1) is 0 Å². The molecule has 2 aromatic heterocycles. The van der Waals surface area contributed by atoms with Gasteiger partial charge in [0.1, 0.15) is 5.65 Å². The van der Waals surface area contributed by atoms with E-state index in [0.29, 0.717) is 0 Å². The maximum absolute atomic E-state index is 4.52. The van der Waals surface area contributed by atoms with Gasteiger partial charge >= 0.3 is 0 Å². The number of rotatable bonds is 4. The molecule has 0 amide bonds. The second-order valence-electron chi connectivity index (χ2n) is 3.83. The van der Waals surface area contributed by atoms with E-state index in [4.69, 9.17) is 0 Å². The highest BCUT2D eigenvalue weighted by Gasteiger charge is 2.06. The van der Waals surface area contributed by atoms with Crippen molar-refractivity contribution in [3.8, 4) is 0 Å². The predicted molar refractivity (Wildman–Crippen MR) is 79.1 cm³/mol. The standard InChI is InChI=1S/C12H15IN2S/c1-3-4-5-16-9-6-10-11(13)8-15(2)12(10)14-7-9/h6-8H,3-5H2,1-2H3. The van der Waals surface area contributed by atoms with Crippen molar-refractivity contribution in [1.29, 1.82) is 0 Å². The molecule has 0 saturated carbocycles. The van der Waals surface area contributed by atoms with E-state index in [1.165, 1.54) is 32.4 Å². The monoisotopic (exact) mass is 346 g/mol. The number of hydrogen-bond donors (Lipinski definition) is 0. The molecule has 2 aromatic rings. The summed E-state index contributed by atoms with van der Waals surface area (Å²) in [7, 11) is 2.04. The zero-order valence-electron chi connectivity index (χ0n) is 9.53. The second kappa shape index (κ2) is 5.40. The van der Waals surface area contributed by atoms with Crippen LogP contribution >= 0.6 is 34.4 Å². The van der Waals surface area contributed by atoms with Gasteiger partial charge in [0.25, 0.3) is 0 Å². The van der Waals surface area contributed by atoms with Crippen LogP contribution in [0.25, 0.3) is 11.0 Å². The zero-order valence-corrected chi connectivity index (χ0v) is 12.5. The van der Waals surface area contributed by atoms with Crippen molar-refractivity contribution in [2.45, 2.75) is 24.7 Å². The van der Waals surface area contributed by atoms with Gasteiger partial charge in [0.15, 0.2) is 0 Å². The van der Waals surface area contributed by atoms with Crippen LogP contribution in [-0.4, -0.2) is 15.3 Å². The maximum atomic E-state index is 4.52. The van der Waals surface area contributed by atoms with Crippen LogP contribution in [0, 0.1) is 3.57 Å². The molecule has 0 aromatic carbocycles. The predicted octanol–water partition coefficient (Wildman–Crippen LogP) is 4.07. The third kappa shape index (κ3) is 2.53. The molecule has 2 rings (SSSR count). The van der Waals surface area contributed by atoms with Crippen molar-refractivity contribution in [1.82, 2.24) is 9.55 Å². The summed E-state index contributed by atoms with van der Waals surface area (Å²) in [6.07, 6.45) is 6.64. The number of nitrogens with zero attached hydrogens (tertiary/aromatic N) is 2. The highest BCUT2D eigenvalue weighted by Crippen LogP contribution is 2.26. The third-order valence-electron chi connectivity index (χ3n) is 2.51. The van der Waals surface area contributed by atoms with Crippen LogP contribution in [0.3, 0.4) is 0 Å². The summed E-state index contributed by atoms with van der Waals surface area (Å²) in [6, 6.07) is 2.25. The van der Waals surface area contributed by atoms with Crippen LogP contribution in [0.2, 0.25) is 0 Å². The highest BCUT2D eigenvalue weighted by molar-refractivity contribution is 14.1. The molecular formula is C12H15IN2S. The minimum Gasteiger partial charge on any atom is -0.334 e. The molecule has 0 radical (unpaired) electrons. The van der Waals surface area contributed by atoms with Crippen molar-refractivity contribution >= 4 is 45.4 Å². The van der Waals surface area contributed by atoms with Crippen molar-refractivity contribution < 1.29 is 0 Å². The van der Waals surface area contributed by atoms with Crippen LogP contribution < -0.4 is 0 Å². The number of aromatic nitrogens is 2. The summed E-state index contributed by atoms with van der Waals surface area (Å²) in [6.45, 7) is 2.22. The molecule has 4 heteroatoms. The molecule has 0 saturated heterocycles. The molecule has 0 bridgehead atoms. The van der Waals surface area contributed by atoms with Crippen molar-refractivity contribution in [3.05, 3.63) is 22.0 Å². The average Bonchev–Trinajstić information content (AvgIpc) is 2.55. The van der Waals surface area contributed by atoms with Crippen LogP contribution in [0.5, 0.6) is 0 Å². The van der Waals surface area contributed by atoms with E-state index in [1.54, 1.807) is 0 Å². The first-order valence-electron chi connectivity index (χ1n) is 5.45. The Bertz CT molecular complexity index is 493. The Morgan fingerprint density at radius 3 is 3.06 bits per heavy atom. The fourth-order valence-electron chi connectivity index (χ4n) is 1.61. The van der Waals surface area contributed by atoms with Gasteiger partial charge < -0.3 is 4.57 Å². The van der Waals surface area contributed by atoms with Crippen molar-refractivity contribution in [3.63, 3.8) is 0 Å². The first-order valence-corrected chi connectivity index (χ1v) is 7.52. The molecule has 0 aliphatic carbocycles. The van der Waals surface area contributed by atoms with E-state index < -0.39 is 0 Å². The van der Waals surface area contributed by atoms with E-state index in [9.17, 15) is 0 Å². The van der Waals surface area contributed by atoms with E-state index in [1.807, 2.05) is 25.0 Å². The Hall–Kier alpha value is -0.230. The number of halogens is 1. The summed E-state index contributed by atoms with van der Waals surface area (Å²) >= 11 is 4.27. The largest absolute Gasteiger partial charge is 0.334 e. The Kier molecular flexibility index (Phi) is 4.13. The van der Waals surface area contributed by atoms with E-state index in [2.05, 4.69) is 51.3 Å². The van der Waals surface area contributed by atoms with Gasteiger partial charge in [-0.05, 0) is 40.8 Å². The Balaban J connectivity index is 2.25. The molecule has 0 aliphatic rings. The Morgan fingerprint density at radius 1 is 1.50 bits per heavy atom. The lowest BCUT2D eigenvalue weighted by atomic mass is 10.3. The summed E-state index contributed by atoms with van der Waals surface area (Å²) < 4.78 is 3.36. The minimum atomic E-state index is 1.07. The first-order chi connectivity index (χ1) is 7.72. The molecule has 2 nitrogen and oxygen atoms in total. The van der Waals surface area contributed by atoms with Crippen molar-refractivity contribution in [2.75, 3.05) is 5.75 Å². The SMILES string of the molecule is CCCCSc1cnc2c(c1)c(I)cn2C. The average molecular weight is 346 g/mol. The Labute approximate surface area is 114 Å². The van der Waals surface area contributed by atoms with Crippen LogP contribution in [0.15, 0.2) is 23.4 Å². The number of aryl methyl sites for hydroxylation is 1. The third-order valence-corrected chi connectivity index (χ3v) is 4.42. The van der Waals surface area contributed by atoms with Crippen LogP contribution in [0.4, 0.5) is 0 Å². The molecule has 0 atom stereocenters.